The average molecular weight is 293 g/mol. The lowest BCUT2D eigenvalue weighted by Gasteiger charge is -2.03. The molecule has 17 heavy (non-hydrogen) atoms. The van der Waals surface area contributed by atoms with E-state index in [-0.39, 0.29) is 0 Å². The first-order chi connectivity index (χ1) is 8.18. The molecule has 3 aromatic heterocycles. The zero-order valence-electron chi connectivity index (χ0n) is 9.29. The predicted octanol–water partition coefficient (Wildman–Crippen LogP) is 1.69. The summed E-state index contributed by atoms with van der Waals surface area (Å²) < 4.78 is 4.57. The van der Waals surface area contributed by atoms with Gasteiger partial charge in [-0.3, -0.25) is 4.40 Å². The number of hydrogen-bond acceptors (Lipinski definition) is 4. The molecule has 7 heteroatoms. The minimum Gasteiger partial charge on any atom is -0.284 e. The van der Waals surface area contributed by atoms with E-state index in [9.17, 15) is 0 Å². The minimum atomic E-state index is 0.677. The number of fused-ring (bicyclic) bond motifs is 1. The van der Waals surface area contributed by atoms with Crippen LogP contribution in [0.3, 0.4) is 0 Å². The molecule has 0 atom stereocenters. The summed E-state index contributed by atoms with van der Waals surface area (Å²) in [6.07, 6.45) is 5.15. The summed E-state index contributed by atoms with van der Waals surface area (Å²) in [7, 11) is 0. The lowest BCUT2D eigenvalue weighted by molar-refractivity contribution is 0.802. The Kier molecular flexibility index (Phi) is 2.22. The van der Waals surface area contributed by atoms with Gasteiger partial charge in [0.1, 0.15) is 6.33 Å². The summed E-state index contributed by atoms with van der Waals surface area (Å²) in [4.78, 5) is 4.32. The fourth-order valence-corrected chi connectivity index (χ4v) is 1.97. The van der Waals surface area contributed by atoms with Crippen molar-refractivity contribution in [2.24, 2.45) is 0 Å². The summed E-state index contributed by atoms with van der Waals surface area (Å²) in [6, 6.07) is 0. The van der Waals surface area contributed by atoms with E-state index < -0.39 is 0 Å². The van der Waals surface area contributed by atoms with Gasteiger partial charge in [0.15, 0.2) is 5.82 Å². The third-order valence-corrected chi connectivity index (χ3v) is 3.75. The molecule has 0 radical (unpaired) electrons. The number of hydrogen-bond donors (Lipinski definition) is 0. The Labute approximate surface area is 105 Å². The molecule has 0 bridgehead atoms. The van der Waals surface area contributed by atoms with E-state index >= 15 is 0 Å². The Morgan fingerprint density at radius 1 is 1.29 bits per heavy atom. The molecule has 0 aromatic carbocycles. The minimum absolute atomic E-state index is 0.677. The zero-order chi connectivity index (χ0) is 12.0. The molecule has 6 nitrogen and oxygen atoms in total. The molecule has 0 aliphatic rings. The fourth-order valence-electron chi connectivity index (χ4n) is 1.72. The number of aryl methyl sites for hydroxylation is 1. The second-order valence-corrected chi connectivity index (χ2v) is 4.50. The van der Waals surface area contributed by atoms with Crippen LogP contribution in [-0.2, 0) is 0 Å². The molecular formula is C10H9BrN6. The molecule has 3 heterocycles. The second-order valence-electron chi connectivity index (χ2n) is 3.71. The van der Waals surface area contributed by atoms with Gasteiger partial charge in [0.05, 0.1) is 15.9 Å². The number of aromatic nitrogens is 6. The maximum absolute atomic E-state index is 4.44. The van der Waals surface area contributed by atoms with Gasteiger partial charge < -0.3 is 0 Å². The van der Waals surface area contributed by atoms with E-state index in [1.165, 1.54) is 0 Å². The van der Waals surface area contributed by atoms with Crippen LogP contribution in [0, 0.1) is 13.8 Å². The van der Waals surface area contributed by atoms with Crippen LogP contribution >= 0.6 is 15.9 Å². The Bertz CT molecular complexity index is 698. The maximum atomic E-state index is 4.44. The summed E-state index contributed by atoms with van der Waals surface area (Å²) in [6.45, 7) is 3.92. The molecule has 0 saturated heterocycles. The first-order valence-corrected chi connectivity index (χ1v) is 5.84. The lowest BCUT2D eigenvalue weighted by Crippen LogP contribution is -2.04. The van der Waals surface area contributed by atoms with Crippen LogP contribution in [0.25, 0.3) is 11.5 Å². The molecule has 0 aliphatic carbocycles. The quantitative estimate of drug-likeness (QED) is 0.685. The van der Waals surface area contributed by atoms with Gasteiger partial charge in [-0.2, -0.15) is 5.10 Å². The van der Waals surface area contributed by atoms with Gasteiger partial charge in [0.25, 0.3) is 0 Å². The van der Waals surface area contributed by atoms with Crippen molar-refractivity contribution < 1.29 is 0 Å². The van der Waals surface area contributed by atoms with Crippen LogP contribution in [-0.4, -0.2) is 29.4 Å². The van der Waals surface area contributed by atoms with Gasteiger partial charge in [-0.05, 0) is 29.8 Å². The summed E-state index contributed by atoms with van der Waals surface area (Å²) in [5.41, 5.74) is 2.60. The van der Waals surface area contributed by atoms with Gasteiger partial charge in [0.2, 0.25) is 5.65 Å². The molecule has 86 valence electrons. The standard InChI is InChI=1S/C10H9BrN6/c1-6-8(11)7(2)17(15-6)9-10-14-13-5-16(10)4-3-12-9/h3-5H,1-2H3. The summed E-state index contributed by atoms with van der Waals surface area (Å²) in [5.74, 6) is 0.677. The highest BCUT2D eigenvalue weighted by Gasteiger charge is 2.14. The lowest BCUT2D eigenvalue weighted by atomic mass is 10.4. The molecule has 3 aromatic rings. The van der Waals surface area contributed by atoms with E-state index in [1.807, 2.05) is 18.2 Å². The van der Waals surface area contributed by atoms with Crippen LogP contribution in [0.5, 0.6) is 0 Å². The van der Waals surface area contributed by atoms with Crippen LogP contribution in [0.2, 0.25) is 0 Å². The van der Waals surface area contributed by atoms with Crippen LogP contribution in [0.4, 0.5) is 0 Å². The molecule has 3 rings (SSSR count). The normalized spacial score (nSPS) is 11.2. The average Bonchev–Trinajstić information content (AvgIpc) is 2.89. The Hall–Kier alpha value is -1.76. The third kappa shape index (κ3) is 1.46. The molecule has 0 saturated carbocycles. The van der Waals surface area contributed by atoms with E-state index in [0.717, 1.165) is 15.9 Å². The van der Waals surface area contributed by atoms with Gasteiger partial charge in [-0.25, -0.2) is 9.67 Å². The highest BCUT2D eigenvalue weighted by atomic mass is 79.9. The van der Waals surface area contributed by atoms with Gasteiger partial charge >= 0.3 is 0 Å². The zero-order valence-corrected chi connectivity index (χ0v) is 10.9. The van der Waals surface area contributed by atoms with Crippen molar-refractivity contribution in [1.29, 1.82) is 0 Å². The van der Waals surface area contributed by atoms with Crippen molar-refractivity contribution >= 4 is 21.6 Å². The Morgan fingerprint density at radius 2 is 2.12 bits per heavy atom. The van der Waals surface area contributed by atoms with Crippen molar-refractivity contribution in [3.8, 4) is 5.82 Å². The fraction of sp³-hybridized carbons (Fsp3) is 0.200. The van der Waals surface area contributed by atoms with E-state index in [2.05, 4.69) is 36.2 Å². The maximum Gasteiger partial charge on any atom is 0.205 e. The number of halogens is 1. The topological polar surface area (TPSA) is 60.9 Å². The molecule has 0 N–H and O–H groups in total. The van der Waals surface area contributed by atoms with Crippen molar-refractivity contribution in [2.45, 2.75) is 13.8 Å². The largest absolute Gasteiger partial charge is 0.284 e. The van der Waals surface area contributed by atoms with E-state index in [4.69, 9.17) is 0 Å². The second kappa shape index (κ2) is 3.63. The summed E-state index contributed by atoms with van der Waals surface area (Å²) >= 11 is 3.50. The molecule has 0 aliphatic heterocycles. The first-order valence-electron chi connectivity index (χ1n) is 5.05. The first kappa shape index (κ1) is 10.4. The highest BCUT2D eigenvalue weighted by Crippen LogP contribution is 2.23. The molecule has 0 spiro atoms. The van der Waals surface area contributed by atoms with Gasteiger partial charge in [0, 0.05) is 12.4 Å². The molecule has 0 amide bonds. The van der Waals surface area contributed by atoms with Crippen molar-refractivity contribution in [3.63, 3.8) is 0 Å². The third-order valence-electron chi connectivity index (χ3n) is 2.60. The van der Waals surface area contributed by atoms with E-state index in [0.29, 0.717) is 11.5 Å². The van der Waals surface area contributed by atoms with Crippen LogP contribution in [0.1, 0.15) is 11.4 Å². The predicted molar refractivity (Wildman–Crippen MR) is 65.1 cm³/mol. The Morgan fingerprint density at radius 3 is 2.82 bits per heavy atom. The van der Waals surface area contributed by atoms with Crippen LogP contribution < -0.4 is 0 Å². The monoisotopic (exact) mass is 292 g/mol. The van der Waals surface area contributed by atoms with Crippen molar-refractivity contribution in [2.75, 3.05) is 0 Å². The Balaban J connectivity index is 2.34. The van der Waals surface area contributed by atoms with Crippen LogP contribution in [0.15, 0.2) is 23.2 Å². The van der Waals surface area contributed by atoms with Crippen molar-refractivity contribution in [1.82, 2.24) is 29.4 Å². The molecular weight excluding hydrogens is 284 g/mol. The highest BCUT2D eigenvalue weighted by molar-refractivity contribution is 9.10. The van der Waals surface area contributed by atoms with E-state index in [1.54, 1.807) is 23.4 Å². The molecule has 0 fully saturated rings. The number of nitrogens with zero attached hydrogens (tertiary/aromatic N) is 6. The van der Waals surface area contributed by atoms with Crippen molar-refractivity contribution in [3.05, 3.63) is 34.6 Å². The number of rotatable bonds is 1. The summed E-state index contributed by atoms with van der Waals surface area (Å²) in [5, 5.41) is 12.4. The SMILES string of the molecule is Cc1nn(-c2nccn3cnnc23)c(C)c1Br. The van der Waals surface area contributed by atoms with Gasteiger partial charge in [-0.15, -0.1) is 10.2 Å². The molecule has 0 unspecified atom stereocenters. The van der Waals surface area contributed by atoms with Gasteiger partial charge in [-0.1, -0.05) is 0 Å². The smallest absolute Gasteiger partial charge is 0.205 e.